The maximum atomic E-state index is 13.8. The molecule has 3 heterocycles. The molecular formula is C29H33FN6O. The van der Waals surface area contributed by atoms with E-state index in [4.69, 9.17) is 4.98 Å². The van der Waals surface area contributed by atoms with Crippen molar-refractivity contribution in [2.24, 2.45) is 7.05 Å². The highest BCUT2D eigenvalue weighted by molar-refractivity contribution is 5.93. The van der Waals surface area contributed by atoms with Crippen molar-refractivity contribution in [1.82, 2.24) is 19.5 Å². The van der Waals surface area contributed by atoms with Crippen LogP contribution in [0, 0.1) is 5.82 Å². The monoisotopic (exact) mass is 500 g/mol. The molecule has 2 N–H and O–H groups in total. The van der Waals surface area contributed by atoms with E-state index in [2.05, 4.69) is 20.6 Å². The van der Waals surface area contributed by atoms with Gasteiger partial charge in [0.25, 0.3) is 5.56 Å². The van der Waals surface area contributed by atoms with E-state index >= 15 is 0 Å². The Hall–Kier alpha value is -3.81. The van der Waals surface area contributed by atoms with Gasteiger partial charge in [-0.2, -0.15) is 0 Å². The lowest BCUT2D eigenvalue weighted by Gasteiger charge is -2.21. The highest BCUT2D eigenvalue weighted by atomic mass is 19.1. The van der Waals surface area contributed by atoms with Crippen molar-refractivity contribution < 1.29 is 4.39 Å². The molecule has 1 aliphatic carbocycles. The lowest BCUT2D eigenvalue weighted by atomic mass is 9.92. The SMILES string of the molecule is Cn1c(NCCCCCCNc2c3c(nc4cc(F)ccc24)CCCC3)nc(-c2ccncc2)cc1=O. The standard InChI is InChI=1S/C29H33FN6O/c1-36-27(37)19-25(20-12-16-31-17-13-20)35-29(36)33-15-7-3-2-6-14-32-28-22-8-4-5-9-24(22)34-26-18-21(30)10-11-23(26)28/h10-13,16-19H,2-9,14-15H2,1H3,(H,32,34)(H,33,35). The van der Waals surface area contributed by atoms with E-state index in [1.165, 1.54) is 18.1 Å². The molecule has 3 aromatic heterocycles. The first-order valence-corrected chi connectivity index (χ1v) is 13.2. The van der Waals surface area contributed by atoms with Gasteiger partial charge in [0.05, 0.1) is 11.2 Å². The molecule has 0 bridgehead atoms. The summed E-state index contributed by atoms with van der Waals surface area (Å²) in [5.74, 6) is 0.335. The van der Waals surface area contributed by atoms with Crippen molar-refractivity contribution >= 4 is 22.5 Å². The van der Waals surface area contributed by atoms with Gasteiger partial charge in [0.2, 0.25) is 5.95 Å². The molecule has 0 spiro atoms. The Kier molecular flexibility index (Phi) is 7.73. The van der Waals surface area contributed by atoms with E-state index in [0.29, 0.717) is 11.6 Å². The summed E-state index contributed by atoms with van der Waals surface area (Å²) in [6.45, 7) is 1.63. The van der Waals surface area contributed by atoms with Gasteiger partial charge in [-0.3, -0.25) is 19.3 Å². The van der Waals surface area contributed by atoms with Crippen LogP contribution in [0.4, 0.5) is 16.0 Å². The minimum Gasteiger partial charge on any atom is -0.384 e. The van der Waals surface area contributed by atoms with Crippen LogP contribution in [0.15, 0.2) is 53.6 Å². The Morgan fingerprint density at radius 3 is 2.49 bits per heavy atom. The summed E-state index contributed by atoms with van der Waals surface area (Å²) >= 11 is 0. The third kappa shape index (κ3) is 5.79. The zero-order valence-electron chi connectivity index (χ0n) is 21.3. The highest BCUT2D eigenvalue weighted by Gasteiger charge is 2.18. The van der Waals surface area contributed by atoms with Crippen LogP contribution in [-0.4, -0.2) is 32.6 Å². The Balaban J connectivity index is 1.12. The fourth-order valence-corrected chi connectivity index (χ4v) is 4.99. The molecule has 1 aromatic carbocycles. The van der Waals surface area contributed by atoms with Crippen molar-refractivity contribution in [3.8, 4) is 11.3 Å². The van der Waals surface area contributed by atoms with Gasteiger partial charge in [-0.05, 0) is 68.4 Å². The van der Waals surface area contributed by atoms with Crippen LogP contribution in [0.1, 0.15) is 49.8 Å². The van der Waals surface area contributed by atoms with Crippen LogP contribution in [-0.2, 0) is 19.9 Å². The van der Waals surface area contributed by atoms with Crippen LogP contribution < -0.4 is 16.2 Å². The van der Waals surface area contributed by atoms with Gasteiger partial charge in [0.15, 0.2) is 0 Å². The first-order valence-electron chi connectivity index (χ1n) is 13.2. The Labute approximate surface area is 216 Å². The fraction of sp³-hybridized carbons (Fsp3) is 0.379. The number of aromatic nitrogens is 4. The summed E-state index contributed by atoms with van der Waals surface area (Å²) in [7, 11) is 1.73. The van der Waals surface area contributed by atoms with Gasteiger partial charge >= 0.3 is 0 Å². The number of nitrogens with zero attached hydrogens (tertiary/aromatic N) is 4. The van der Waals surface area contributed by atoms with Crippen molar-refractivity contribution in [3.05, 3.63) is 76.2 Å². The summed E-state index contributed by atoms with van der Waals surface area (Å²) in [6, 6.07) is 10.2. The predicted molar refractivity (Wildman–Crippen MR) is 146 cm³/mol. The first-order chi connectivity index (χ1) is 18.1. The molecule has 0 saturated carbocycles. The molecule has 0 atom stereocenters. The fourth-order valence-electron chi connectivity index (χ4n) is 4.99. The van der Waals surface area contributed by atoms with Crippen molar-refractivity contribution in [2.75, 3.05) is 23.7 Å². The minimum atomic E-state index is -0.241. The molecule has 192 valence electrons. The zero-order valence-corrected chi connectivity index (χ0v) is 21.3. The Morgan fingerprint density at radius 2 is 1.68 bits per heavy atom. The molecule has 8 heteroatoms. The van der Waals surface area contributed by atoms with E-state index in [1.807, 2.05) is 18.2 Å². The second kappa shape index (κ2) is 11.5. The van der Waals surface area contributed by atoms with Crippen molar-refractivity contribution in [2.45, 2.75) is 51.4 Å². The molecule has 0 fully saturated rings. The number of anilines is 2. The van der Waals surface area contributed by atoms with Gasteiger partial charge in [0, 0.05) is 67.0 Å². The van der Waals surface area contributed by atoms with E-state index in [9.17, 15) is 9.18 Å². The van der Waals surface area contributed by atoms with E-state index in [0.717, 1.165) is 85.9 Å². The third-order valence-corrected chi connectivity index (χ3v) is 7.02. The van der Waals surface area contributed by atoms with Crippen LogP contribution in [0.5, 0.6) is 0 Å². The molecule has 4 aromatic rings. The molecule has 7 nitrogen and oxygen atoms in total. The predicted octanol–water partition coefficient (Wildman–Crippen LogP) is 5.49. The van der Waals surface area contributed by atoms with E-state index in [-0.39, 0.29) is 11.4 Å². The first kappa shape index (κ1) is 24.9. The summed E-state index contributed by atoms with van der Waals surface area (Å²) in [4.78, 5) is 25.8. The average Bonchev–Trinajstić information content (AvgIpc) is 2.92. The normalized spacial score (nSPS) is 12.9. The number of aryl methyl sites for hydroxylation is 1. The number of nitrogens with one attached hydrogen (secondary N) is 2. The number of hydrogen-bond donors (Lipinski definition) is 2. The van der Waals surface area contributed by atoms with Crippen LogP contribution in [0.25, 0.3) is 22.2 Å². The Bertz CT molecular complexity index is 1440. The van der Waals surface area contributed by atoms with E-state index in [1.54, 1.807) is 36.1 Å². The third-order valence-electron chi connectivity index (χ3n) is 7.02. The summed E-state index contributed by atoms with van der Waals surface area (Å²) in [5, 5.41) is 7.99. The summed E-state index contributed by atoms with van der Waals surface area (Å²) in [6.07, 6.45) is 11.9. The average molecular weight is 501 g/mol. The molecule has 0 saturated heterocycles. The van der Waals surface area contributed by atoms with Crippen molar-refractivity contribution in [3.63, 3.8) is 0 Å². The van der Waals surface area contributed by atoms with E-state index < -0.39 is 0 Å². The maximum Gasteiger partial charge on any atom is 0.255 e. The largest absolute Gasteiger partial charge is 0.384 e. The quantitative estimate of drug-likeness (QED) is 0.280. The highest BCUT2D eigenvalue weighted by Crippen LogP contribution is 2.33. The number of benzene rings is 1. The molecule has 0 amide bonds. The minimum absolute atomic E-state index is 0.0936. The summed E-state index contributed by atoms with van der Waals surface area (Å²) < 4.78 is 15.4. The lowest BCUT2D eigenvalue weighted by Crippen LogP contribution is -2.22. The number of unbranched alkanes of at least 4 members (excludes halogenated alkanes) is 3. The molecule has 0 unspecified atom stereocenters. The zero-order chi connectivity index (χ0) is 25.6. The summed E-state index contributed by atoms with van der Waals surface area (Å²) in [5.41, 5.74) is 5.73. The van der Waals surface area contributed by atoms with Gasteiger partial charge in [0.1, 0.15) is 5.82 Å². The molecule has 0 radical (unpaired) electrons. The van der Waals surface area contributed by atoms with Crippen LogP contribution in [0.2, 0.25) is 0 Å². The second-order valence-corrected chi connectivity index (χ2v) is 9.65. The smallest absolute Gasteiger partial charge is 0.255 e. The number of hydrogen-bond acceptors (Lipinski definition) is 6. The lowest BCUT2D eigenvalue weighted by molar-refractivity contribution is 0.628. The van der Waals surface area contributed by atoms with Crippen LogP contribution in [0.3, 0.4) is 0 Å². The topological polar surface area (TPSA) is 84.7 Å². The molecule has 0 aliphatic heterocycles. The molecule has 5 rings (SSSR count). The Morgan fingerprint density at radius 1 is 0.919 bits per heavy atom. The van der Waals surface area contributed by atoms with Gasteiger partial charge in [-0.1, -0.05) is 12.8 Å². The molecular weight excluding hydrogens is 467 g/mol. The molecule has 1 aliphatic rings. The van der Waals surface area contributed by atoms with Gasteiger partial charge < -0.3 is 10.6 Å². The molecule has 37 heavy (non-hydrogen) atoms. The van der Waals surface area contributed by atoms with Crippen LogP contribution >= 0.6 is 0 Å². The number of halogens is 1. The number of fused-ring (bicyclic) bond motifs is 2. The number of rotatable bonds is 10. The maximum absolute atomic E-state index is 13.8. The van der Waals surface area contributed by atoms with Gasteiger partial charge in [-0.15, -0.1) is 0 Å². The van der Waals surface area contributed by atoms with Crippen molar-refractivity contribution in [1.29, 1.82) is 0 Å². The second-order valence-electron chi connectivity index (χ2n) is 9.65. The van der Waals surface area contributed by atoms with Gasteiger partial charge in [-0.25, -0.2) is 9.37 Å². The number of pyridine rings is 2.